The summed E-state index contributed by atoms with van der Waals surface area (Å²) >= 11 is 5.98. The number of aliphatic carboxylic acids is 1. The van der Waals surface area contributed by atoms with E-state index in [0.29, 0.717) is 21.7 Å². The van der Waals surface area contributed by atoms with Crippen molar-refractivity contribution in [1.29, 1.82) is 0 Å². The number of halogens is 2. The summed E-state index contributed by atoms with van der Waals surface area (Å²) in [5.74, 6) is -3.94. The number of aliphatic hydroxyl groups excluding tert-OH is 1. The van der Waals surface area contributed by atoms with E-state index in [1.807, 2.05) is 0 Å². The first kappa shape index (κ1) is 25.3. The summed E-state index contributed by atoms with van der Waals surface area (Å²) in [4.78, 5) is 35.5. The third-order valence-electron chi connectivity index (χ3n) is 5.01. The Morgan fingerprint density at radius 2 is 1.94 bits per heavy atom. The number of nitrogens with one attached hydrogen (secondary N) is 1. The lowest BCUT2D eigenvalue weighted by Crippen LogP contribution is -2.46. The molecule has 0 fully saturated rings. The third kappa shape index (κ3) is 6.51. The van der Waals surface area contributed by atoms with E-state index in [9.17, 15) is 29.0 Å². The fourth-order valence-corrected chi connectivity index (χ4v) is 3.43. The van der Waals surface area contributed by atoms with Crippen LogP contribution < -0.4 is 5.32 Å². The van der Waals surface area contributed by atoms with Crippen LogP contribution in [0.25, 0.3) is 11.1 Å². The largest absolute Gasteiger partial charge is 0.481 e. The number of ether oxygens (including phenoxy) is 1. The molecule has 1 amide bonds. The molecule has 0 spiro atoms. The summed E-state index contributed by atoms with van der Waals surface area (Å²) < 4.78 is 19.5. The van der Waals surface area contributed by atoms with Gasteiger partial charge in [-0.3, -0.25) is 9.59 Å². The molecule has 2 aromatic carbocycles. The van der Waals surface area contributed by atoms with E-state index in [4.69, 9.17) is 11.6 Å². The van der Waals surface area contributed by atoms with Crippen LogP contribution in [0.4, 0.5) is 4.39 Å². The van der Waals surface area contributed by atoms with Crippen LogP contribution in [-0.4, -0.2) is 47.3 Å². The minimum atomic E-state index is -1.58. The Hall–Kier alpha value is -2.97. The summed E-state index contributed by atoms with van der Waals surface area (Å²) in [5, 5.41) is 21.9. The maximum absolute atomic E-state index is 14.8. The maximum Gasteiger partial charge on any atom is 0.396 e. The molecule has 0 saturated heterocycles. The van der Waals surface area contributed by atoms with Crippen molar-refractivity contribution in [3.63, 3.8) is 0 Å². The van der Waals surface area contributed by atoms with E-state index in [1.54, 1.807) is 43.3 Å². The van der Waals surface area contributed by atoms with Gasteiger partial charge in [0, 0.05) is 16.6 Å². The fraction of sp³-hybridized carbons (Fsp3) is 0.348. The molecule has 32 heavy (non-hydrogen) atoms. The number of carbonyl (C=O) groups is 3. The summed E-state index contributed by atoms with van der Waals surface area (Å²) in [6.45, 7) is 2.18. The second-order valence-corrected chi connectivity index (χ2v) is 8.08. The van der Waals surface area contributed by atoms with Crippen molar-refractivity contribution in [1.82, 2.24) is 5.32 Å². The highest BCUT2D eigenvalue weighted by atomic mass is 35.5. The summed E-state index contributed by atoms with van der Waals surface area (Å²) in [5.41, 5.74) is -0.194. The van der Waals surface area contributed by atoms with Crippen molar-refractivity contribution < 1.29 is 33.7 Å². The molecule has 0 aliphatic heterocycles. The molecule has 3 N–H and O–H groups in total. The molecular formula is C23H25ClFNO6. The van der Waals surface area contributed by atoms with Gasteiger partial charge in [-0.15, -0.1) is 0 Å². The van der Waals surface area contributed by atoms with Crippen LogP contribution in [0.2, 0.25) is 5.02 Å². The Bertz CT molecular complexity index is 998. The standard InChI is InChI=1S/C23H25ClFNO6/c1-3-32-21(29)20(28)26-17(12-23(2,13-27)22(30)31)9-14-7-8-18(19(25)10-14)15-5-4-6-16(24)11-15/h4-8,10-11,17,27H,3,9,12-13H2,1-2H3,(H,26,28)(H,30,31). The monoisotopic (exact) mass is 465 g/mol. The topological polar surface area (TPSA) is 113 Å². The molecule has 7 nitrogen and oxygen atoms in total. The van der Waals surface area contributed by atoms with Crippen LogP contribution in [0.1, 0.15) is 25.8 Å². The Morgan fingerprint density at radius 1 is 1.22 bits per heavy atom. The molecule has 0 aromatic heterocycles. The van der Waals surface area contributed by atoms with Gasteiger partial charge in [-0.1, -0.05) is 35.9 Å². The third-order valence-corrected chi connectivity index (χ3v) is 5.24. The molecule has 0 heterocycles. The molecule has 0 radical (unpaired) electrons. The zero-order chi connectivity index (χ0) is 23.9. The lowest BCUT2D eigenvalue weighted by molar-refractivity contribution is -0.155. The van der Waals surface area contributed by atoms with E-state index in [2.05, 4.69) is 10.1 Å². The normalized spacial score (nSPS) is 13.7. The number of hydrogen-bond acceptors (Lipinski definition) is 5. The van der Waals surface area contributed by atoms with Crippen LogP contribution in [0.3, 0.4) is 0 Å². The van der Waals surface area contributed by atoms with Gasteiger partial charge in [0.25, 0.3) is 0 Å². The zero-order valence-corrected chi connectivity index (χ0v) is 18.5. The molecule has 2 aromatic rings. The lowest BCUT2D eigenvalue weighted by Gasteiger charge is -2.28. The molecule has 2 rings (SSSR count). The highest BCUT2D eigenvalue weighted by Gasteiger charge is 2.36. The van der Waals surface area contributed by atoms with Gasteiger partial charge in [0.2, 0.25) is 0 Å². The highest BCUT2D eigenvalue weighted by Crippen LogP contribution is 2.28. The van der Waals surface area contributed by atoms with E-state index in [1.165, 1.54) is 13.0 Å². The van der Waals surface area contributed by atoms with Crippen molar-refractivity contribution >= 4 is 29.4 Å². The summed E-state index contributed by atoms with van der Waals surface area (Å²) in [6.07, 6.45) is -0.164. The van der Waals surface area contributed by atoms with Crippen molar-refractivity contribution in [3.05, 3.63) is 58.9 Å². The van der Waals surface area contributed by atoms with Crippen LogP contribution in [0.15, 0.2) is 42.5 Å². The first-order chi connectivity index (χ1) is 15.1. The molecule has 9 heteroatoms. The smallest absolute Gasteiger partial charge is 0.396 e. The van der Waals surface area contributed by atoms with Gasteiger partial charge >= 0.3 is 17.8 Å². The predicted molar refractivity (Wildman–Crippen MR) is 117 cm³/mol. The minimum absolute atomic E-state index is 0.00340. The number of rotatable bonds is 9. The number of carboxylic acids is 1. The predicted octanol–water partition coefficient (Wildman–Crippen LogP) is 3.21. The van der Waals surface area contributed by atoms with E-state index < -0.39 is 41.7 Å². The number of esters is 1. The quantitative estimate of drug-likeness (QED) is 0.387. The zero-order valence-electron chi connectivity index (χ0n) is 17.7. The number of aliphatic hydroxyl groups is 1. The van der Waals surface area contributed by atoms with E-state index in [-0.39, 0.29) is 19.4 Å². The number of benzene rings is 2. The molecule has 2 atom stereocenters. The molecule has 2 unspecified atom stereocenters. The molecule has 0 aliphatic rings. The molecule has 0 saturated carbocycles. The average Bonchev–Trinajstić information content (AvgIpc) is 2.73. The van der Waals surface area contributed by atoms with Crippen LogP contribution in [-0.2, 0) is 25.5 Å². The Labute approximate surface area is 190 Å². The maximum atomic E-state index is 14.8. The van der Waals surface area contributed by atoms with Crippen molar-refractivity contribution in [2.45, 2.75) is 32.7 Å². The number of carbonyl (C=O) groups excluding carboxylic acids is 2. The van der Waals surface area contributed by atoms with Gasteiger partial charge < -0.3 is 20.3 Å². The Morgan fingerprint density at radius 3 is 2.50 bits per heavy atom. The van der Waals surface area contributed by atoms with Crippen molar-refractivity contribution in [2.24, 2.45) is 5.41 Å². The number of carboxylic acid groups (broad SMARTS) is 1. The SMILES string of the molecule is CCOC(=O)C(=O)NC(Cc1ccc(-c2cccc(Cl)c2)c(F)c1)CC(C)(CO)C(=O)O. The van der Waals surface area contributed by atoms with Crippen LogP contribution >= 0.6 is 11.6 Å². The van der Waals surface area contributed by atoms with Crippen molar-refractivity contribution in [2.75, 3.05) is 13.2 Å². The first-order valence-corrected chi connectivity index (χ1v) is 10.3. The lowest BCUT2D eigenvalue weighted by atomic mass is 9.82. The highest BCUT2D eigenvalue weighted by molar-refractivity contribution is 6.32. The summed E-state index contributed by atoms with van der Waals surface area (Å²) in [7, 11) is 0. The number of hydrogen-bond donors (Lipinski definition) is 3. The van der Waals surface area contributed by atoms with E-state index >= 15 is 0 Å². The fourth-order valence-electron chi connectivity index (χ4n) is 3.24. The van der Waals surface area contributed by atoms with Gasteiger partial charge in [-0.05, 0) is 56.0 Å². The second kappa shape index (κ2) is 11.1. The van der Waals surface area contributed by atoms with Gasteiger partial charge in [0.05, 0.1) is 18.6 Å². The average molecular weight is 466 g/mol. The minimum Gasteiger partial charge on any atom is -0.481 e. The van der Waals surface area contributed by atoms with Gasteiger partial charge in [-0.25, -0.2) is 9.18 Å². The van der Waals surface area contributed by atoms with Gasteiger partial charge in [0.15, 0.2) is 0 Å². The van der Waals surface area contributed by atoms with Crippen LogP contribution in [0, 0.1) is 11.2 Å². The van der Waals surface area contributed by atoms with E-state index in [0.717, 1.165) is 0 Å². The molecular weight excluding hydrogens is 441 g/mol. The van der Waals surface area contributed by atoms with Gasteiger partial charge in [-0.2, -0.15) is 0 Å². The Balaban J connectivity index is 2.29. The second-order valence-electron chi connectivity index (χ2n) is 7.65. The molecule has 0 bridgehead atoms. The van der Waals surface area contributed by atoms with Crippen molar-refractivity contribution in [3.8, 4) is 11.1 Å². The molecule has 0 aliphatic carbocycles. The molecule has 172 valence electrons. The first-order valence-electron chi connectivity index (χ1n) is 9.96. The van der Waals surface area contributed by atoms with Crippen LogP contribution in [0.5, 0.6) is 0 Å². The summed E-state index contributed by atoms with van der Waals surface area (Å²) in [6, 6.07) is 10.3. The van der Waals surface area contributed by atoms with Gasteiger partial charge in [0.1, 0.15) is 5.82 Å². The Kier molecular flexibility index (Phi) is 8.74. The number of amides is 1.